The van der Waals surface area contributed by atoms with Crippen molar-refractivity contribution in [1.29, 1.82) is 0 Å². The molecule has 6 rings (SSSR count). The lowest BCUT2D eigenvalue weighted by molar-refractivity contribution is 0.102. The highest BCUT2D eigenvalue weighted by Gasteiger charge is 2.39. The Labute approximate surface area is 235 Å². The lowest BCUT2D eigenvalue weighted by Crippen LogP contribution is -2.30. The standard InChI is InChI=1S/C35H34N2O3/c1-34(2)20-26-19-29(39-5)32-28(21-35(3,4)40-32)30(26)31(37-34)25-13-9-12-24(18-25)22-14-16-27(17-15-22)36-33(38)23-10-7-6-8-11-23/h6-19H,20-21H2,1-5H3,(H,36,38). The molecule has 5 nitrogen and oxygen atoms in total. The summed E-state index contributed by atoms with van der Waals surface area (Å²) in [4.78, 5) is 17.9. The molecule has 1 N–H and O–H groups in total. The van der Waals surface area contributed by atoms with E-state index in [9.17, 15) is 4.79 Å². The minimum Gasteiger partial charge on any atom is -0.493 e. The Morgan fingerprint density at radius 3 is 2.30 bits per heavy atom. The fourth-order valence-electron chi connectivity index (χ4n) is 5.81. The van der Waals surface area contributed by atoms with Gasteiger partial charge in [-0.2, -0.15) is 0 Å². The molecule has 0 saturated heterocycles. The molecule has 0 atom stereocenters. The number of nitrogens with zero attached hydrogens (tertiary/aromatic N) is 1. The molecule has 1 amide bonds. The van der Waals surface area contributed by atoms with E-state index < -0.39 is 0 Å². The third kappa shape index (κ3) is 4.88. The van der Waals surface area contributed by atoms with Gasteiger partial charge in [-0.1, -0.05) is 48.5 Å². The van der Waals surface area contributed by atoms with E-state index >= 15 is 0 Å². The van der Waals surface area contributed by atoms with Gasteiger partial charge in [-0.25, -0.2) is 0 Å². The molecule has 0 fully saturated rings. The first-order valence-corrected chi connectivity index (χ1v) is 13.7. The molecular formula is C35H34N2O3. The van der Waals surface area contributed by atoms with Crippen LogP contribution in [-0.2, 0) is 12.8 Å². The topological polar surface area (TPSA) is 59.9 Å². The first-order chi connectivity index (χ1) is 19.1. The van der Waals surface area contributed by atoms with E-state index in [4.69, 9.17) is 14.5 Å². The molecular weight excluding hydrogens is 496 g/mol. The van der Waals surface area contributed by atoms with Crippen LogP contribution in [0.3, 0.4) is 0 Å². The number of carbonyl (C=O) groups excluding carboxylic acids is 1. The molecule has 0 aromatic heterocycles. The molecule has 0 radical (unpaired) electrons. The van der Waals surface area contributed by atoms with Crippen molar-refractivity contribution in [3.63, 3.8) is 0 Å². The largest absolute Gasteiger partial charge is 0.493 e. The second-order valence-corrected chi connectivity index (χ2v) is 11.9. The van der Waals surface area contributed by atoms with Crippen LogP contribution in [0, 0.1) is 0 Å². The fraction of sp³-hybridized carbons (Fsp3) is 0.257. The summed E-state index contributed by atoms with van der Waals surface area (Å²) in [5.41, 5.74) is 8.68. The van der Waals surface area contributed by atoms with Gasteiger partial charge in [0.15, 0.2) is 11.5 Å². The highest BCUT2D eigenvalue weighted by molar-refractivity contribution is 6.16. The van der Waals surface area contributed by atoms with Crippen molar-refractivity contribution in [2.75, 3.05) is 12.4 Å². The number of hydrogen-bond donors (Lipinski definition) is 1. The van der Waals surface area contributed by atoms with E-state index in [2.05, 4.69) is 63.3 Å². The van der Waals surface area contributed by atoms with Crippen LogP contribution in [0.2, 0.25) is 0 Å². The quantitative estimate of drug-likeness (QED) is 0.291. The van der Waals surface area contributed by atoms with Crippen molar-refractivity contribution >= 4 is 17.3 Å². The van der Waals surface area contributed by atoms with Crippen molar-refractivity contribution in [2.24, 2.45) is 4.99 Å². The van der Waals surface area contributed by atoms with Gasteiger partial charge in [0.05, 0.1) is 18.4 Å². The van der Waals surface area contributed by atoms with Gasteiger partial charge in [-0.15, -0.1) is 0 Å². The first kappa shape index (κ1) is 25.9. The zero-order valence-electron chi connectivity index (χ0n) is 23.7. The predicted octanol–water partition coefficient (Wildman–Crippen LogP) is 7.50. The lowest BCUT2D eigenvalue weighted by atomic mass is 9.80. The summed E-state index contributed by atoms with van der Waals surface area (Å²) < 4.78 is 12.1. The van der Waals surface area contributed by atoms with Gasteiger partial charge < -0.3 is 14.8 Å². The second kappa shape index (κ2) is 9.67. The van der Waals surface area contributed by atoms with Crippen LogP contribution in [-0.4, -0.2) is 29.9 Å². The Hall–Kier alpha value is -4.38. The van der Waals surface area contributed by atoms with Crippen LogP contribution in [0.15, 0.2) is 89.9 Å². The summed E-state index contributed by atoms with van der Waals surface area (Å²) in [6.45, 7) is 8.61. The molecule has 5 heteroatoms. The number of rotatable bonds is 5. The molecule has 2 aliphatic rings. The molecule has 40 heavy (non-hydrogen) atoms. The van der Waals surface area contributed by atoms with Gasteiger partial charge in [0.25, 0.3) is 5.91 Å². The van der Waals surface area contributed by atoms with Crippen LogP contribution >= 0.6 is 0 Å². The minimum atomic E-state index is -0.303. The van der Waals surface area contributed by atoms with Crippen molar-refractivity contribution in [3.8, 4) is 22.6 Å². The van der Waals surface area contributed by atoms with E-state index in [1.165, 1.54) is 16.7 Å². The number of amides is 1. The van der Waals surface area contributed by atoms with Crippen molar-refractivity contribution in [1.82, 2.24) is 0 Å². The zero-order valence-corrected chi connectivity index (χ0v) is 23.7. The van der Waals surface area contributed by atoms with Gasteiger partial charge in [0.1, 0.15) is 5.60 Å². The molecule has 2 aliphatic heterocycles. The summed E-state index contributed by atoms with van der Waals surface area (Å²) >= 11 is 0. The van der Waals surface area contributed by atoms with E-state index in [0.29, 0.717) is 5.56 Å². The summed E-state index contributed by atoms with van der Waals surface area (Å²) in [6.07, 6.45) is 1.64. The van der Waals surface area contributed by atoms with Gasteiger partial charge in [-0.05, 0) is 87.2 Å². The number of benzene rings is 4. The van der Waals surface area contributed by atoms with Crippen LogP contribution in [0.1, 0.15) is 60.3 Å². The van der Waals surface area contributed by atoms with E-state index in [1.54, 1.807) is 19.2 Å². The second-order valence-electron chi connectivity index (χ2n) is 11.9. The number of aliphatic imine (C=N–C) groups is 1. The molecule has 0 spiro atoms. The number of hydrogen-bond acceptors (Lipinski definition) is 4. The van der Waals surface area contributed by atoms with Crippen molar-refractivity contribution in [3.05, 3.63) is 113 Å². The summed E-state index contributed by atoms with van der Waals surface area (Å²) in [5, 5.41) is 2.98. The number of ether oxygens (including phenoxy) is 2. The van der Waals surface area contributed by atoms with Crippen LogP contribution in [0.5, 0.6) is 11.5 Å². The average molecular weight is 531 g/mol. The Balaban J connectivity index is 1.35. The summed E-state index contributed by atoms with van der Waals surface area (Å²) in [5.74, 6) is 1.51. The number of nitrogens with one attached hydrogen (secondary N) is 1. The smallest absolute Gasteiger partial charge is 0.255 e. The van der Waals surface area contributed by atoms with E-state index in [0.717, 1.165) is 52.4 Å². The monoisotopic (exact) mass is 530 g/mol. The molecule has 202 valence electrons. The maximum absolute atomic E-state index is 12.6. The minimum absolute atomic E-state index is 0.122. The van der Waals surface area contributed by atoms with Crippen LogP contribution in [0.4, 0.5) is 5.69 Å². The number of carbonyl (C=O) groups is 1. The summed E-state index contributed by atoms with van der Waals surface area (Å²) in [6, 6.07) is 27.9. The normalized spacial score (nSPS) is 16.3. The summed E-state index contributed by atoms with van der Waals surface area (Å²) in [7, 11) is 1.71. The molecule has 0 unspecified atom stereocenters. The van der Waals surface area contributed by atoms with Crippen LogP contribution in [0.25, 0.3) is 11.1 Å². The maximum Gasteiger partial charge on any atom is 0.255 e. The first-order valence-electron chi connectivity index (χ1n) is 13.7. The third-order valence-corrected chi connectivity index (χ3v) is 7.55. The van der Waals surface area contributed by atoms with Gasteiger partial charge in [-0.3, -0.25) is 9.79 Å². The number of fused-ring (bicyclic) bond motifs is 3. The Bertz CT molecular complexity index is 1630. The number of anilines is 1. The number of methoxy groups -OCH3 is 1. The van der Waals surface area contributed by atoms with Gasteiger partial charge in [0.2, 0.25) is 0 Å². The fourth-order valence-corrected chi connectivity index (χ4v) is 5.81. The van der Waals surface area contributed by atoms with Crippen molar-refractivity contribution in [2.45, 2.75) is 51.7 Å². The molecule has 0 bridgehead atoms. The zero-order chi connectivity index (χ0) is 28.1. The lowest BCUT2D eigenvalue weighted by Gasteiger charge is -2.31. The highest BCUT2D eigenvalue weighted by Crippen LogP contribution is 2.48. The predicted molar refractivity (Wildman–Crippen MR) is 161 cm³/mol. The molecule has 4 aromatic rings. The Kier molecular flexibility index (Phi) is 6.25. The van der Waals surface area contributed by atoms with Gasteiger partial charge in [0, 0.05) is 34.4 Å². The van der Waals surface area contributed by atoms with Crippen LogP contribution < -0.4 is 14.8 Å². The molecule has 2 heterocycles. The van der Waals surface area contributed by atoms with Gasteiger partial charge >= 0.3 is 0 Å². The van der Waals surface area contributed by atoms with Crippen molar-refractivity contribution < 1.29 is 14.3 Å². The highest BCUT2D eigenvalue weighted by atomic mass is 16.5. The average Bonchev–Trinajstić information content (AvgIpc) is 3.27. The SMILES string of the molecule is COc1cc2c(c3c1OC(C)(C)C3)C(c1cccc(-c3ccc(NC(=O)c4ccccc4)cc3)c1)=NC(C)(C)C2. The molecule has 0 saturated carbocycles. The Morgan fingerprint density at radius 2 is 1.57 bits per heavy atom. The van der Waals surface area contributed by atoms with E-state index in [1.807, 2.05) is 42.5 Å². The molecule has 0 aliphatic carbocycles. The Morgan fingerprint density at radius 1 is 0.850 bits per heavy atom. The maximum atomic E-state index is 12.6. The third-order valence-electron chi connectivity index (χ3n) is 7.55. The van der Waals surface area contributed by atoms with E-state index in [-0.39, 0.29) is 17.0 Å². The molecule has 4 aromatic carbocycles.